The van der Waals surface area contributed by atoms with Crippen molar-refractivity contribution in [3.05, 3.63) is 91.9 Å². The molecule has 160 valence electrons. The van der Waals surface area contributed by atoms with Crippen molar-refractivity contribution in [2.75, 3.05) is 6.61 Å². The molecule has 0 atom stereocenters. The third-order valence-corrected chi connectivity index (χ3v) is 5.30. The molecule has 0 bridgehead atoms. The van der Waals surface area contributed by atoms with Gasteiger partial charge in [0.25, 0.3) is 5.91 Å². The second-order valence-electron chi connectivity index (χ2n) is 6.36. The molecule has 0 radical (unpaired) electrons. The molecule has 5 nitrogen and oxygen atoms in total. The third-order valence-electron chi connectivity index (χ3n) is 4.13. The number of amides is 1. The first-order chi connectivity index (χ1) is 15.0. The minimum atomic E-state index is -0.395. The van der Waals surface area contributed by atoms with Crippen molar-refractivity contribution in [2.45, 2.75) is 13.5 Å². The molecule has 0 aliphatic heterocycles. The first-order valence-corrected chi connectivity index (χ1v) is 10.9. The van der Waals surface area contributed by atoms with Gasteiger partial charge in [0.15, 0.2) is 11.5 Å². The standard InChI is InChI=1S/C23H19BrCl2N2O3/c1-2-30-21-12-16(13-27-28-23(29)18-5-3-4-6-20(18)26)11-19(24)22(21)31-14-15-7-9-17(25)10-8-15/h3-13H,2,14H2,1H3,(H,28,29)/b27-13-. The van der Waals surface area contributed by atoms with E-state index in [2.05, 4.69) is 26.5 Å². The maximum Gasteiger partial charge on any atom is 0.272 e. The number of rotatable bonds is 8. The lowest BCUT2D eigenvalue weighted by Crippen LogP contribution is -2.17. The number of carbonyl (C=O) groups excluding carboxylic acids is 1. The highest BCUT2D eigenvalue weighted by molar-refractivity contribution is 9.10. The lowest BCUT2D eigenvalue weighted by atomic mass is 10.2. The summed E-state index contributed by atoms with van der Waals surface area (Å²) in [5.74, 6) is 0.743. The van der Waals surface area contributed by atoms with Crippen LogP contribution in [0.25, 0.3) is 0 Å². The zero-order valence-corrected chi connectivity index (χ0v) is 19.7. The Balaban J connectivity index is 1.73. The SMILES string of the molecule is CCOc1cc(/C=N\NC(=O)c2ccccc2Cl)cc(Br)c1OCc1ccc(Cl)cc1. The van der Waals surface area contributed by atoms with Gasteiger partial charge in [-0.3, -0.25) is 4.79 Å². The summed E-state index contributed by atoms with van der Waals surface area (Å²) in [5.41, 5.74) is 4.52. The van der Waals surface area contributed by atoms with E-state index in [-0.39, 0.29) is 0 Å². The van der Waals surface area contributed by atoms with Gasteiger partial charge in [-0.1, -0.05) is 47.5 Å². The topological polar surface area (TPSA) is 59.9 Å². The third kappa shape index (κ3) is 6.47. The molecule has 0 heterocycles. The van der Waals surface area contributed by atoms with E-state index in [4.69, 9.17) is 32.7 Å². The molecule has 3 aromatic carbocycles. The molecule has 0 aromatic heterocycles. The molecule has 3 rings (SSSR count). The summed E-state index contributed by atoms with van der Waals surface area (Å²) in [6, 6.07) is 17.8. The lowest BCUT2D eigenvalue weighted by molar-refractivity contribution is 0.0955. The predicted molar refractivity (Wildman–Crippen MR) is 128 cm³/mol. The average molecular weight is 522 g/mol. The first kappa shape index (κ1) is 23.1. The number of nitrogens with one attached hydrogen (secondary N) is 1. The highest BCUT2D eigenvalue weighted by atomic mass is 79.9. The molecular weight excluding hydrogens is 503 g/mol. The van der Waals surface area contributed by atoms with Crippen molar-refractivity contribution in [2.24, 2.45) is 5.10 Å². The Morgan fingerprint density at radius 3 is 2.55 bits per heavy atom. The van der Waals surface area contributed by atoms with Crippen LogP contribution in [-0.4, -0.2) is 18.7 Å². The van der Waals surface area contributed by atoms with Gasteiger partial charge in [0.05, 0.1) is 27.9 Å². The van der Waals surface area contributed by atoms with E-state index in [1.807, 2.05) is 37.3 Å². The van der Waals surface area contributed by atoms with Crippen LogP contribution in [0.2, 0.25) is 10.0 Å². The van der Waals surface area contributed by atoms with Gasteiger partial charge < -0.3 is 9.47 Å². The van der Waals surface area contributed by atoms with Gasteiger partial charge >= 0.3 is 0 Å². The molecule has 0 aliphatic carbocycles. The number of nitrogens with zero attached hydrogens (tertiary/aromatic N) is 1. The Hall–Kier alpha value is -2.54. The van der Waals surface area contributed by atoms with Crippen LogP contribution < -0.4 is 14.9 Å². The van der Waals surface area contributed by atoms with E-state index in [1.165, 1.54) is 6.21 Å². The minimum Gasteiger partial charge on any atom is -0.490 e. The van der Waals surface area contributed by atoms with Crippen molar-refractivity contribution in [3.8, 4) is 11.5 Å². The highest BCUT2D eigenvalue weighted by Gasteiger charge is 2.13. The summed E-state index contributed by atoms with van der Waals surface area (Å²) in [5, 5.41) is 5.05. The summed E-state index contributed by atoms with van der Waals surface area (Å²) in [7, 11) is 0. The Labute approximate surface area is 199 Å². The molecule has 0 aliphatic rings. The molecule has 31 heavy (non-hydrogen) atoms. The second-order valence-corrected chi connectivity index (χ2v) is 8.06. The number of carbonyl (C=O) groups is 1. The van der Waals surface area contributed by atoms with Gasteiger partial charge in [-0.25, -0.2) is 5.43 Å². The number of ether oxygens (including phenoxy) is 2. The Bertz CT molecular complexity index is 1090. The van der Waals surface area contributed by atoms with E-state index in [0.29, 0.717) is 50.4 Å². The fourth-order valence-corrected chi connectivity index (χ4v) is 3.59. The van der Waals surface area contributed by atoms with Crippen LogP contribution in [0.1, 0.15) is 28.4 Å². The number of hydrazone groups is 1. The van der Waals surface area contributed by atoms with Gasteiger partial charge in [-0.05, 0) is 70.4 Å². The van der Waals surface area contributed by atoms with Crippen LogP contribution in [0.3, 0.4) is 0 Å². The molecule has 0 saturated heterocycles. The normalized spacial score (nSPS) is 10.8. The van der Waals surface area contributed by atoms with E-state index < -0.39 is 5.91 Å². The summed E-state index contributed by atoms with van der Waals surface area (Å²) in [4.78, 5) is 12.2. The molecule has 3 aromatic rings. The van der Waals surface area contributed by atoms with Crippen molar-refractivity contribution in [3.63, 3.8) is 0 Å². The fraction of sp³-hybridized carbons (Fsp3) is 0.130. The monoisotopic (exact) mass is 520 g/mol. The maximum absolute atomic E-state index is 12.2. The molecule has 8 heteroatoms. The predicted octanol–water partition coefficient (Wildman–Crippen LogP) is 6.50. The Morgan fingerprint density at radius 1 is 1.10 bits per heavy atom. The van der Waals surface area contributed by atoms with Crippen molar-refractivity contribution in [1.29, 1.82) is 0 Å². The summed E-state index contributed by atoms with van der Waals surface area (Å²) in [6.45, 7) is 2.71. The first-order valence-electron chi connectivity index (χ1n) is 9.39. The number of halogens is 3. The number of benzene rings is 3. The second kappa shape index (κ2) is 11.2. The van der Waals surface area contributed by atoms with E-state index in [0.717, 1.165) is 5.56 Å². The van der Waals surface area contributed by atoms with Crippen LogP contribution in [0.4, 0.5) is 0 Å². The van der Waals surface area contributed by atoms with Gasteiger partial charge in [-0.2, -0.15) is 5.10 Å². The van der Waals surface area contributed by atoms with Crippen LogP contribution in [0.5, 0.6) is 11.5 Å². The van der Waals surface area contributed by atoms with Crippen molar-refractivity contribution in [1.82, 2.24) is 5.43 Å². The summed E-state index contributed by atoms with van der Waals surface area (Å²) >= 11 is 15.5. The Morgan fingerprint density at radius 2 is 1.84 bits per heavy atom. The quantitative estimate of drug-likeness (QED) is 0.272. The number of hydrogen-bond acceptors (Lipinski definition) is 4. The van der Waals surface area contributed by atoms with Crippen LogP contribution >= 0.6 is 39.1 Å². The lowest BCUT2D eigenvalue weighted by Gasteiger charge is -2.14. The van der Waals surface area contributed by atoms with E-state index >= 15 is 0 Å². The Kier molecular flexibility index (Phi) is 8.35. The fourth-order valence-electron chi connectivity index (χ4n) is 2.67. The smallest absolute Gasteiger partial charge is 0.272 e. The minimum absolute atomic E-state index is 0.350. The average Bonchev–Trinajstić information content (AvgIpc) is 2.75. The molecular formula is C23H19BrCl2N2O3. The van der Waals surface area contributed by atoms with Gasteiger partial charge in [0.2, 0.25) is 0 Å². The molecule has 0 spiro atoms. The molecule has 0 unspecified atom stereocenters. The van der Waals surface area contributed by atoms with Gasteiger partial charge in [0, 0.05) is 5.02 Å². The number of hydrogen-bond donors (Lipinski definition) is 1. The highest BCUT2D eigenvalue weighted by Crippen LogP contribution is 2.37. The zero-order chi connectivity index (χ0) is 22.2. The van der Waals surface area contributed by atoms with Crippen LogP contribution in [0, 0.1) is 0 Å². The zero-order valence-electron chi connectivity index (χ0n) is 16.6. The van der Waals surface area contributed by atoms with Crippen LogP contribution in [0.15, 0.2) is 70.2 Å². The van der Waals surface area contributed by atoms with E-state index in [1.54, 1.807) is 30.3 Å². The summed E-state index contributed by atoms with van der Waals surface area (Å²) in [6.07, 6.45) is 1.52. The van der Waals surface area contributed by atoms with Crippen LogP contribution in [-0.2, 0) is 6.61 Å². The molecule has 0 fully saturated rings. The molecule has 1 amide bonds. The van der Waals surface area contributed by atoms with Crippen molar-refractivity contribution >= 4 is 51.3 Å². The van der Waals surface area contributed by atoms with Gasteiger partial charge in [-0.15, -0.1) is 0 Å². The van der Waals surface area contributed by atoms with E-state index in [9.17, 15) is 4.79 Å². The van der Waals surface area contributed by atoms with Gasteiger partial charge in [0.1, 0.15) is 6.61 Å². The van der Waals surface area contributed by atoms with Crippen molar-refractivity contribution < 1.29 is 14.3 Å². The molecule has 1 N–H and O–H groups in total. The molecule has 0 saturated carbocycles. The summed E-state index contributed by atoms with van der Waals surface area (Å²) < 4.78 is 12.4. The maximum atomic E-state index is 12.2. The largest absolute Gasteiger partial charge is 0.490 e.